The minimum atomic E-state index is -2.86. The summed E-state index contributed by atoms with van der Waals surface area (Å²) >= 11 is 3.32. The Hall–Kier alpha value is -1.41. The van der Waals surface area contributed by atoms with Crippen LogP contribution in [0.15, 0.2) is 27.7 Å². The Labute approximate surface area is 143 Å². The molecule has 0 heterocycles. The van der Waals surface area contributed by atoms with E-state index in [0.717, 1.165) is 4.47 Å². The van der Waals surface area contributed by atoms with Gasteiger partial charge in [0.1, 0.15) is 5.75 Å². The molecule has 0 aliphatic rings. The summed E-state index contributed by atoms with van der Waals surface area (Å²) in [6.45, 7) is 3.75. The van der Waals surface area contributed by atoms with E-state index in [1.54, 1.807) is 12.1 Å². The molecule has 130 valence electrons. The van der Waals surface area contributed by atoms with Crippen molar-refractivity contribution in [2.75, 3.05) is 26.3 Å². The van der Waals surface area contributed by atoms with Crippen molar-refractivity contribution in [3.05, 3.63) is 28.2 Å². The minimum Gasteiger partial charge on any atom is -0.434 e. The molecule has 0 radical (unpaired) electrons. The second-order valence-electron chi connectivity index (χ2n) is 4.45. The Morgan fingerprint density at radius 2 is 2.09 bits per heavy atom. The number of halogens is 3. The monoisotopic (exact) mass is 393 g/mol. The van der Waals surface area contributed by atoms with Gasteiger partial charge in [0.05, 0.1) is 13.2 Å². The lowest BCUT2D eigenvalue weighted by Crippen LogP contribution is -2.39. The molecular weight excluding hydrogens is 372 g/mol. The van der Waals surface area contributed by atoms with Gasteiger partial charge in [-0.15, -0.1) is 0 Å². The van der Waals surface area contributed by atoms with Gasteiger partial charge in [-0.25, -0.2) is 4.99 Å². The Balaban J connectivity index is 2.75. The Kier molecular flexibility index (Phi) is 9.54. The number of nitrogens with zero attached hydrogens (tertiary/aromatic N) is 1. The highest BCUT2D eigenvalue weighted by atomic mass is 79.9. The summed E-state index contributed by atoms with van der Waals surface area (Å²) < 4.78 is 35.4. The molecule has 8 heteroatoms. The summed E-state index contributed by atoms with van der Waals surface area (Å²) in [5, 5.41) is 6.20. The largest absolute Gasteiger partial charge is 0.434 e. The standard InChI is InChI=1S/C15H22BrF2N3O2/c1-3-19-15(20-7-8-22-4-2)21-10-11-9-12(16)5-6-13(11)23-14(17)18/h5-6,9,14H,3-4,7-8,10H2,1-2H3,(H2,19,20,21). The summed E-state index contributed by atoms with van der Waals surface area (Å²) in [7, 11) is 0. The van der Waals surface area contributed by atoms with Crippen molar-refractivity contribution in [1.82, 2.24) is 10.6 Å². The van der Waals surface area contributed by atoms with Crippen molar-refractivity contribution in [3.8, 4) is 5.75 Å². The zero-order valence-corrected chi connectivity index (χ0v) is 14.8. The maximum Gasteiger partial charge on any atom is 0.387 e. The van der Waals surface area contributed by atoms with Crippen molar-refractivity contribution in [2.45, 2.75) is 27.0 Å². The number of hydrogen-bond donors (Lipinski definition) is 2. The van der Waals surface area contributed by atoms with Gasteiger partial charge in [0.25, 0.3) is 0 Å². The predicted molar refractivity (Wildman–Crippen MR) is 90.1 cm³/mol. The van der Waals surface area contributed by atoms with Crippen LogP contribution < -0.4 is 15.4 Å². The Morgan fingerprint density at radius 1 is 1.30 bits per heavy atom. The smallest absolute Gasteiger partial charge is 0.387 e. The molecule has 0 amide bonds. The topological polar surface area (TPSA) is 54.9 Å². The number of guanidine groups is 1. The van der Waals surface area contributed by atoms with Crippen LogP contribution in [0.25, 0.3) is 0 Å². The summed E-state index contributed by atoms with van der Waals surface area (Å²) in [4.78, 5) is 4.38. The van der Waals surface area contributed by atoms with Crippen LogP contribution in [0.2, 0.25) is 0 Å². The lowest BCUT2D eigenvalue weighted by Gasteiger charge is -2.13. The molecule has 0 fully saturated rings. The van der Waals surface area contributed by atoms with Gasteiger partial charge in [-0.3, -0.25) is 0 Å². The van der Waals surface area contributed by atoms with Crippen LogP contribution >= 0.6 is 15.9 Å². The van der Waals surface area contributed by atoms with Gasteiger partial charge in [-0.1, -0.05) is 15.9 Å². The first kappa shape index (κ1) is 19.6. The van der Waals surface area contributed by atoms with E-state index in [9.17, 15) is 8.78 Å². The van der Waals surface area contributed by atoms with E-state index in [1.165, 1.54) is 6.07 Å². The van der Waals surface area contributed by atoms with E-state index >= 15 is 0 Å². The normalized spacial score (nSPS) is 11.7. The molecule has 0 aliphatic heterocycles. The summed E-state index contributed by atoms with van der Waals surface area (Å²) in [5.41, 5.74) is 0.571. The molecule has 5 nitrogen and oxygen atoms in total. The summed E-state index contributed by atoms with van der Waals surface area (Å²) in [6.07, 6.45) is 0. The number of rotatable bonds is 9. The van der Waals surface area contributed by atoms with Crippen LogP contribution in [0.3, 0.4) is 0 Å². The van der Waals surface area contributed by atoms with Crippen LogP contribution in [0, 0.1) is 0 Å². The van der Waals surface area contributed by atoms with E-state index in [-0.39, 0.29) is 12.3 Å². The highest BCUT2D eigenvalue weighted by Crippen LogP contribution is 2.25. The molecule has 2 N–H and O–H groups in total. The molecule has 0 saturated carbocycles. The first-order chi connectivity index (χ1) is 11.1. The number of benzene rings is 1. The summed E-state index contributed by atoms with van der Waals surface area (Å²) in [5.74, 6) is 0.715. The number of hydrogen-bond acceptors (Lipinski definition) is 3. The van der Waals surface area contributed by atoms with Crippen molar-refractivity contribution >= 4 is 21.9 Å². The van der Waals surface area contributed by atoms with Crippen LogP contribution in [-0.4, -0.2) is 38.9 Å². The van der Waals surface area contributed by atoms with Gasteiger partial charge in [-0.05, 0) is 32.0 Å². The maximum absolute atomic E-state index is 12.5. The zero-order valence-electron chi connectivity index (χ0n) is 13.2. The van der Waals surface area contributed by atoms with Crippen molar-refractivity contribution < 1.29 is 18.3 Å². The molecule has 1 aromatic carbocycles. The predicted octanol–water partition coefficient (Wildman–Crippen LogP) is 3.14. The lowest BCUT2D eigenvalue weighted by atomic mass is 10.2. The van der Waals surface area contributed by atoms with Crippen LogP contribution in [-0.2, 0) is 11.3 Å². The molecule has 0 aromatic heterocycles. The first-order valence-corrected chi connectivity index (χ1v) is 8.19. The van der Waals surface area contributed by atoms with Gasteiger partial charge in [-0.2, -0.15) is 8.78 Å². The minimum absolute atomic E-state index is 0.122. The molecule has 0 spiro atoms. The molecule has 23 heavy (non-hydrogen) atoms. The number of aliphatic imine (C=N–C) groups is 1. The van der Waals surface area contributed by atoms with Gasteiger partial charge in [0, 0.05) is 29.7 Å². The van der Waals surface area contributed by atoms with E-state index in [2.05, 4.69) is 36.3 Å². The number of nitrogens with one attached hydrogen (secondary N) is 2. The lowest BCUT2D eigenvalue weighted by molar-refractivity contribution is -0.0504. The molecule has 0 bridgehead atoms. The second-order valence-corrected chi connectivity index (χ2v) is 5.37. The Bertz CT molecular complexity index is 502. The van der Waals surface area contributed by atoms with Gasteiger partial charge < -0.3 is 20.1 Å². The maximum atomic E-state index is 12.5. The van der Waals surface area contributed by atoms with Gasteiger partial charge >= 0.3 is 6.61 Å². The van der Waals surface area contributed by atoms with Crippen LogP contribution in [0.1, 0.15) is 19.4 Å². The zero-order chi connectivity index (χ0) is 17.1. The van der Waals surface area contributed by atoms with E-state index in [0.29, 0.717) is 37.8 Å². The van der Waals surface area contributed by atoms with Gasteiger partial charge in [0.2, 0.25) is 0 Å². The summed E-state index contributed by atoms with van der Waals surface area (Å²) in [6, 6.07) is 4.86. The number of alkyl halides is 2. The molecular formula is C15H22BrF2N3O2. The van der Waals surface area contributed by atoms with E-state index in [1.807, 2.05) is 13.8 Å². The number of ether oxygens (including phenoxy) is 2. The second kappa shape index (κ2) is 11.2. The fraction of sp³-hybridized carbons (Fsp3) is 0.533. The van der Waals surface area contributed by atoms with Crippen LogP contribution in [0.4, 0.5) is 8.78 Å². The van der Waals surface area contributed by atoms with Crippen LogP contribution in [0.5, 0.6) is 5.75 Å². The molecule has 0 unspecified atom stereocenters. The quantitative estimate of drug-likeness (QED) is 0.384. The third-order valence-electron chi connectivity index (χ3n) is 2.73. The van der Waals surface area contributed by atoms with E-state index in [4.69, 9.17) is 4.74 Å². The van der Waals surface area contributed by atoms with Crippen molar-refractivity contribution in [1.29, 1.82) is 0 Å². The third kappa shape index (κ3) is 8.13. The molecule has 0 atom stereocenters. The average molecular weight is 394 g/mol. The van der Waals surface area contributed by atoms with E-state index < -0.39 is 6.61 Å². The Morgan fingerprint density at radius 3 is 2.74 bits per heavy atom. The fourth-order valence-corrected chi connectivity index (χ4v) is 2.18. The highest BCUT2D eigenvalue weighted by Gasteiger charge is 2.10. The van der Waals surface area contributed by atoms with Crippen molar-refractivity contribution in [2.24, 2.45) is 4.99 Å². The molecule has 1 rings (SSSR count). The molecule has 0 aliphatic carbocycles. The average Bonchev–Trinajstić information content (AvgIpc) is 2.51. The van der Waals surface area contributed by atoms with Gasteiger partial charge in [0.15, 0.2) is 5.96 Å². The fourth-order valence-electron chi connectivity index (χ4n) is 1.77. The SMILES string of the molecule is CCNC(=NCc1cc(Br)ccc1OC(F)F)NCCOCC. The highest BCUT2D eigenvalue weighted by molar-refractivity contribution is 9.10. The first-order valence-electron chi connectivity index (χ1n) is 7.40. The van der Waals surface area contributed by atoms with Crippen molar-refractivity contribution in [3.63, 3.8) is 0 Å². The molecule has 1 aromatic rings. The third-order valence-corrected chi connectivity index (χ3v) is 3.23. The molecule has 0 saturated heterocycles.